The number of hydrogen-bond acceptors (Lipinski definition) is 13. The van der Waals surface area contributed by atoms with Crippen LogP contribution in [0.4, 0.5) is 0 Å². The number of phenols is 1. The molecule has 11 atom stereocenters. The maximum absolute atomic E-state index is 12.6. The molecule has 1 aromatic rings. The highest BCUT2D eigenvalue weighted by Gasteiger charge is 2.59. The fourth-order valence-electron chi connectivity index (χ4n) is 5.24. The number of carbonyl (C=O) groups excluding carboxylic acids is 2. The highest BCUT2D eigenvalue weighted by atomic mass is 16.8. The van der Waals surface area contributed by atoms with Crippen molar-refractivity contribution in [1.82, 2.24) is 0 Å². The summed E-state index contributed by atoms with van der Waals surface area (Å²) >= 11 is 0. The summed E-state index contributed by atoms with van der Waals surface area (Å²) < 4.78 is 27.2. The van der Waals surface area contributed by atoms with Gasteiger partial charge in [-0.25, -0.2) is 9.59 Å². The van der Waals surface area contributed by atoms with Crippen molar-refractivity contribution in [2.75, 3.05) is 13.7 Å². The van der Waals surface area contributed by atoms with Gasteiger partial charge in [0.15, 0.2) is 6.29 Å². The maximum Gasteiger partial charge on any atom is 0.337 e. The van der Waals surface area contributed by atoms with Gasteiger partial charge in [-0.05, 0) is 23.8 Å². The molecule has 2 heterocycles. The Hall–Kier alpha value is -3.04. The lowest BCUT2D eigenvalue weighted by molar-refractivity contribution is -0.343. The zero-order chi connectivity index (χ0) is 28.4. The van der Waals surface area contributed by atoms with E-state index in [2.05, 4.69) is 0 Å². The number of hydrogen-bond donors (Lipinski definition) is 6. The van der Waals surface area contributed by atoms with E-state index in [4.69, 9.17) is 23.7 Å². The fraction of sp³-hybridized carbons (Fsp3) is 0.538. The second-order valence-electron chi connectivity index (χ2n) is 9.68. The first-order valence-electron chi connectivity index (χ1n) is 12.3. The Labute approximate surface area is 223 Å². The van der Waals surface area contributed by atoms with Crippen molar-refractivity contribution in [2.45, 2.75) is 56.1 Å². The van der Waals surface area contributed by atoms with E-state index in [9.17, 15) is 40.2 Å². The molecule has 214 valence electrons. The first-order chi connectivity index (χ1) is 18.6. The summed E-state index contributed by atoms with van der Waals surface area (Å²) in [5.74, 6) is -3.91. The predicted molar refractivity (Wildman–Crippen MR) is 129 cm³/mol. The van der Waals surface area contributed by atoms with Crippen molar-refractivity contribution in [3.05, 3.63) is 47.7 Å². The first kappa shape index (κ1) is 29.0. The summed E-state index contributed by atoms with van der Waals surface area (Å²) in [6.45, 7) is 0.988. The number of benzene rings is 1. The lowest BCUT2D eigenvalue weighted by Crippen LogP contribution is -2.60. The first-order valence-corrected chi connectivity index (χ1v) is 12.3. The van der Waals surface area contributed by atoms with Crippen LogP contribution in [0.2, 0.25) is 0 Å². The molecule has 13 nitrogen and oxygen atoms in total. The van der Waals surface area contributed by atoms with Gasteiger partial charge in [0, 0.05) is 23.8 Å². The summed E-state index contributed by atoms with van der Waals surface area (Å²) in [7, 11) is 1.16. The van der Waals surface area contributed by atoms with Crippen LogP contribution in [0, 0.1) is 17.8 Å². The van der Waals surface area contributed by atoms with Crippen LogP contribution >= 0.6 is 0 Å². The Morgan fingerprint density at radius 2 is 1.69 bits per heavy atom. The monoisotopic (exact) mass is 552 g/mol. The van der Waals surface area contributed by atoms with E-state index in [1.807, 2.05) is 0 Å². The van der Waals surface area contributed by atoms with Gasteiger partial charge in [-0.1, -0.05) is 19.1 Å². The second kappa shape index (κ2) is 12.0. The number of aromatic hydroxyl groups is 1. The molecule has 3 aliphatic rings. The highest BCUT2D eigenvalue weighted by Crippen LogP contribution is 2.49. The molecule has 6 N–H and O–H groups in total. The number of aliphatic hydroxyl groups is 5. The number of fused-ring (bicyclic) bond motifs is 1. The van der Waals surface area contributed by atoms with Crippen molar-refractivity contribution in [3.63, 3.8) is 0 Å². The third-order valence-corrected chi connectivity index (χ3v) is 7.34. The van der Waals surface area contributed by atoms with Crippen LogP contribution in [0.5, 0.6) is 5.75 Å². The van der Waals surface area contributed by atoms with Crippen molar-refractivity contribution < 1.29 is 63.9 Å². The fourth-order valence-corrected chi connectivity index (χ4v) is 5.24. The Kier molecular flexibility index (Phi) is 8.91. The van der Waals surface area contributed by atoms with Gasteiger partial charge in [0.05, 0.1) is 31.7 Å². The molecule has 1 aliphatic carbocycles. The Bertz CT molecular complexity index is 1080. The molecule has 2 aliphatic heterocycles. The Morgan fingerprint density at radius 1 is 1.00 bits per heavy atom. The molecule has 4 rings (SSSR count). The normalized spacial score (nSPS) is 38.0. The molecular weight excluding hydrogens is 520 g/mol. The summed E-state index contributed by atoms with van der Waals surface area (Å²) in [4.78, 5) is 25.1. The molecule has 0 radical (unpaired) electrons. The number of rotatable bonds is 7. The van der Waals surface area contributed by atoms with Gasteiger partial charge < -0.3 is 54.3 Å². The van der Waals surface area contributed by atoms with E-state index in [1.165, 1.54) is 18.2 Å². The molecule has 2 fully saturated rings. The van der Waals surface area contributed by atoms with Gasteiger partial charge >= 0.3 is 11.9 Å². The highest BCUT2D eigenvalue weighted by molar-refractivity contribution is 5.89. The molecular formula is C26H32O13. The van der Waals surface area contributed by atoms with Gasteiger partial charge in [-0.15, -0.1) is 0 Å². The zero-order valence-corrected chi connectivity index (χ0v) is 21.1. The van der Waals surface area contributed by atoms with E-state index in [0.717, 1.165) is 19.4 Å². The number of ether oxygens (including phenoxy) is 5. The van der Waals surface area contributed by atoms with Crippen LogP contribution in [-0.4, -0.2) is 105 Å². The van der Waals surface area contributed by atoms with Gasteiger partial charge in [0.2, 0.25) is 6.29 Å². The molecule has 1 aromatic carbocycles. The smallest absolute Gasteiger partial charge is 0.337 e. The van der Waals surface area contributed by atoms with E-state index in [-0.39, 0.29) is 11.3 Å². The van der Waals surface area contributed by atoms with Crippen molar-refractivity contribution >= 4 is 18.0 Å². The van der Waals surface area contributed by atoms with Crippen molar-refractivity contribution in [3.8, 4) is 5.75 Å². The second-order valence-corrected chi connectivity index (χ2v) is 9.68. The van der Waals surface area contributed by atoms with E-state index < -0.39 is 85.5 Å². The number of methoxy groups -OCH3 is 1. The largest absolute Gasteiger partial charge is 0.508 e. The van der Waals surface area contributed by atoms with Gasteiger partial charge in [0.1, 0.15) is 36.3 Å². The predicted octanol–water partition coefficient (Wildman–Crippen LogP) is -1.21. The Morgan fingerprint density at radius 3 is 2.33 bits per heavy atom. The molecule has 13 heteroatoms. The van der Waals surface area contributed by atoms with Crippen molar-refractivity contribution in [2.24, 2.45) is 17.8 Å². The van der Waals surface area contributed by atoms with Crippen LogP contribution in [-0.2, 0) is 33.3 Å². The summed E-state index contributed by atoms with van der Waals surface area (Å²) in [5.41, 5.74) is 0.601. The van der Waals surface area contributed by atoms with Crippen LogP contribution in [0.1, 0.15) is 12.5 Å². The topological polar surface area (TPSA) is 202 Å². The number of phenolic OH excluding ortho intramolecular Hbond substituents is 1. The number of aliphatic hydroxyl groups excluding tert-OH is 5. The third-order valence-electron chi connectivity index (χ3n) is 7.34. The lowest BCUT2D eigenvalue weighted by atomic mass is 9.82. The average Bonchev–Trinajstić information content (AvgIpc) is 3.18. The van der Waals surface area contributed by atoms with Crippen LogP contribution in [0.3, 0.4) is 0 Å². The summed E-state index contributed by atoms with van der Waals surface area (Å²) in [6.07, 6.45) is -7.83. The molecule has 39 heavy (non-hydrogen) atoms. The lowest BCUT2D eigenvalue weighted by Gasteiger charge is -2.43. The van der Waals surface area contributed by atoms with Gasteiger partial charge in [-0.2, -0.15) is 0 Å². The number of carbonyl (C=O) groups is 2. The molecule has 1 saturated carbocycles. The summed E-state index contributed by atoms with van der Waals surface area (Å²) in [5, 5.41) is 60.6. The molecule has 0 unspecified atom stereocenters. The van der Waals surface area contributed by atoms with E-state index in [0.29, 0.717) is 5.56 Å². The van der Waals surface area contributed by atoms with Crippen LogP contribution < -0.4 is 0 Å². The summed E-state index contributed by atoms with van der Waals surface area (Å²) in [6, 6.07) is 6.09. The Balaban J connectivity index is 1.54. The van der Waals surface area contributed by atoms with Crippen LogP contribution in [0.15, 0.2) is 42.2 Å². The minimum Gasteiger partial charge on any atom is -0.508 e. The standard InChI is InChI=1S/C26H32O13/c1-11-17-18(20(31)23(11)38-16(29)8-5-12-3-6-13(28)7-4-12)14(24(34)35-2)10-36-25(17)39-26-22(33)21(32)19(30)15(9-27)37-26/h3-8,10-11,15,17-23,25-28,30-33H,9H2,1-2H3/t11-,15-,17-,18-,19+,20-,21+,22+,23+,25+,26-/m0/s1. The van der Waals surface area contributed by atoms with Gasteiger partial charge in [0.25, 0.3) is 0 Å². The minimum atomic E-state index is -1.71. The minimum absolute atomic E-state index is 0.0197. The molecule has 0 amide bonds. The quantitative estimate of drug-likeness (QED) is 0.174. The van der Waals surface area contributed by atoms with Gasteiger partial charge in [-0.3, -0.25) is 0 Å². The maximum atomic E-state index is 12.6. The zero-order valence-electron chi connectivity index (χ0n) is 21.1. The van der Waals surface area contributed by atoms with E-state index in [1.54, 1.807) is 19.1 Å². The molecule has 0 bridgehead atoms. The van der Waals surface area contributed by atoms with E-state index >= 15 is 0 Å². The van der Waals surface area contributed by atoms with Crippen LogP contribution in [0.25, 0.3) is 6.08 Å². The van der Waals surface area contributed by atoms with Crippen molar-refractivity contribution in [1.29, 1.82) is 0 Å². The average molecular weight is 553 g/mol. The number of esters is 2. The molecule has 0 spiro atoms. The molecule has 0 aromatic heterocycles. The SMILES string of the molecule is COC(=O)C1=CO[C@H](O[C@@H]2O[C@@H](CO)[C@@H](O)[C@@H](O)[C@H]2O)[C@H]2[C@H](C)[C@@H](OC(=O)C=Cc3ccc(O)cc3)[C@@H](O)[C@@H]12. The molecule has 1 saturated heterocycles. The third kappa shape index (κ3) is 5.79.